The number of nitrogens with zero attached hydrogens (tertiary/aromatic N) is 1. The Hall–Kier alpha value is -2.63. The number of hydrogen-bond acceptors (Lipinski definition) is 2. The molecule has 2 aromatic rings. The van der Waals surface area contributed by atoms with E-state index in [9.17, 15) is 13.6 Å². The average Bonchev–Trinajstić information content (AvgIpc) is 2.58. The molecule has 0 aromatic heterocycles. The molecule has 2 amide bonds. The van der Waals surface area contributed by atoms with E-state index in [1.165, 1.54) is 28.8 Å². The number of alkyl halides is 2. The number of nitrogens with one attached hydrogen (secondary N) is 1. The van der Waals surface area contributed by atoms with Gasteiger partial charge in [0.15, 0.2) is 0 Å². The summed E-state index contributed by atoms with van der Waals surface area (Å²) in [7, 11) is 1.69. The van der Waals surface area contributed by atoms with Crippen LogP contribution in [0.5, 0.6) is 5.75 Å². The van der Waals surface area contributed by atoms with E-state index in [-0.39, 0.29) is 11.8 Å². The van der Waals surface area contributed by atoms with Gasteiger partial charge < -0.3 is 15.0 Å². The zero-order chi connectivity index (χ0) is 19.1. The summed E-state index contributed by atoms with van der Waals surface area (Å²) in [6, 6.07) is 12.4. The van der Waals surface area contributed by atoms with E-state index in [2.05, 4.69) is 42.1 Å². The van der Waals surface area contributed by atoms with Crippen molar-refractivity contribution in [2.45, 2.75) is 33.4 Å². The van der Waals surface area contributed by atoms with Crippen LogP contribution in [0.1, 0.15) is 22.3 Å². The van der Waals surface area contributed by atoms with Crippen LogP contribution in [0.25, 0.3) is 0 Å². The van der Waals surface area contributed by atoms with E-state index >= 15 is 0 Å². The summed E-state index contributed by atoms with van der Waals surface area (Å²) in [5.74, 6) is 0.101. The molecule has 0 aliphatic carbocycles. The van der Waals surface area contributed by atoms with E-state index < -0.39 is 6.61 Å². The first-order chi connectivity index (χ1) is 12.3. The summed E-state index contributed by atoms with van der Waals surface area (Å²) in [6.45, 7) is 2.21. The molecule has 2 rings (SSSR count). The minimum absolute atomic E-state index is 0.101. The van der Waals surface area contributed by atoms with Crippen molar-refractivity contribution >= 4 is 6.03 Å². The van der Waals surface area contributed by atoms with Crippen molar-refractivity contribution in [1.82, 2.24) is 10.2 Å². The fraction of sp³-hybridized carbons (Fsp3) is 0.350. The molecule has 26 heavy (non-hydrogen) atoms. The van der Waals surface area contributed by atoms with Gasteiger partial charge in [-0.25, -0.2) is 4.79 Å². The van der Waals surface area contributed by atoms with E-state index in [0.29, 0.717) is 13.1 Å². The van der Waals surface area contributed by atoms with Crippen molar-refractivity contribution in [2.24, 2.45) is 0 Å². The summed E-state index contributed by atoms with van der Waals surface area (Å²) >= 11 is 0. The summed E-state index contributed by atoms with van der Waals surface area (Å²) in [4.78, 5) is 13.7. The molecule has 4 nitrogen and oxygen atoms in total. The van der Waals surface area contributed by atoms with Gasteiger partial charge >= 0.3 is 12.6 Å². The fourth-order valence-electron chi connectivity index (χ4n) is 2.69. The molecule has 140 valence electrons. The largest absolute Gasteiger partial charge is 0.435 e. The van der Waals surface area contributed by atoms with Gasteiger partial charge in [-0.3, -0.25) is 0 Å². The SMILES string of the molecule is Cc1ccc(CCNC(=O)N(C)Cc2ccc(OC(F)F)cc2)c(C)c1. The monoisotopic (exact) mass is 362 g/mol. The molecular weight excluding hydrogens is 338 g/mol. The van der Waals surface area contributed by atoms with Crippen LogP contribution in [0.15, 0.2) is 42.5 Å². The van der Waals surface area contributed by atoms with Gasteiger partial charge in [0.1, 0.15) is 5.75 Å². The quantitative estimate of drug-likeness (QED) is 0.798. The normalized spacial score (nSPS) is 10.7. The molecule has 0 fully saturated rings. The van der Waals surface area contributed by atoms with Gasteiger partial charge in [-0.05, 0) is 49.1 Å². The number of benzene rings is 2. The lowest BCUT2D eigenvalue weighted by Crippen LogP contribution is -2.37. The highest BCUT2D eigenvalue weighted by Crippen LogP contribution is 2.16. The summed E-state index contributed by atoms with van der Waals surface area (Å²) < 4.78 is 28.6. The third-order valence-corrected chi connectivity index (χ3v) is 4.08. The number of halogens is 2. The number of ether oxygens (including phenoxy) is 1. The van der Waals surface area contributed by atoms with Crippen LogP contribution < -0.4 is 10.1 Å². The van der Waals surface area contributed by atoms with Gasteiger partial charge in [0.05, 0.1) is 0 Å². The first kappa shape index (κ1) is 19.7. The zero-order valence-electron chi connectivity index (χ0n) is 15.3. The second-order valence-electron chi connectivity index (χ2n) is 6.29. The predicted molar refractivity (Wildman–Crippen MR) is 97.6 cm³/mol. The molecule has 0 spiro atoms. The molecule has 0 radical (unpaired) electrons. The predicted octanol–water partition coefficient (Wildman–Crippen LogP) is 4.29. The lowest BCUT2D eigenvalue weighted by atomic mass is 10.0. The number of carbonyl (C=O) groups is 1. The van der Waals surface area contributed by atoms with Crippen molar-refractivity contribution in [3.05, 3.63) is 64.7 Å². The summed E-state index contributed by atoms with van der Waals surface area (Å²) in [5.41, 5.74) is 4.49. The Morgan fingerprint density at radius 2 is 1.85 bits per heavy atom. The van der Waals surface area contributed by atoms with Crippen LogP contribution in [-0.4, -0.2) is 31.1 Å². The third-order valence-electron chi connectivity index (χ3n) is 4.08. The Bertz CT molecular complexity index is 733. The lowest BCUT2D eigenvalue weighted by Gasteiger charge is -2.18. The number of aryl methyl sites for hydroxylation is 2. The van der Waals surface area contributed by atoms with Crippen molar-refractivity contribution in [3.8, 4) is 5.75 Å². The molecule has 6 heteroatoms. The molecular formula is C20H24F2N2O2. The van der Waals surface area contributed by atoms with E-state index in [0.717, 1.165) is 12.0 Å². The minimum Gasteiger partial charge on any atom is -0.435 e. The van der Waals surface area contributed by atoms with Gasteiger partial charge in [-0.1, -0.05) is 35.9 Å². The van der Waals surface area contributed by atoms with Crippen LogP contribution in [0.4, 0.5) is 13.6 Å². The Balaban J connectivity index is 1.80. The van der Waals surface area contributed by atoms with E-state index in [4.69, 9.17) is 0 Å². The van der Waals surface area contributed by atoms with Gasteiger partial charge in [0.25, 0.3) is 0 Å². The van der Waals surface area contributed by atoms with E-state index in [1.807, 2.05) is 0 Å². The number of hydrogen-bond donors (Lipinski definition) is 1. The molecule has 2 aromatic carbocycles. The third kappa shape index (κ3) is 6.02. The smallest absolute Gasteiger partial charge is 0.387 e. The number of urea groups is 1. The number of amides is 2. The minimum atomic E-state index is -2.84. The Morgan fingerprint density at radius 1 is 1.15 bits per heavy atom. The van der Waals surface area contributed by atoms with Gasteiger partial charge in [-0.15, -0.1) is 0 Å². The fourth-order valence-corrected chi connectivity index (χ4v) is 2.69. The maximum Gasteiger partial charge on any atom is 0.387 e. The molecule has 0 unspecified atom stereocenters. The maximum absolute atomic E-state index is 12.2. The lowest BCUT2D eigenvalue weighted by molar-refractivity contribution is -0.0498. The average molecular weight is 362 g/mol. The van der Waals surface area contributed by atoms with Crippen LogP contribution in [-0.2, 0) is 13.0 Å². The van der Waals surface area contributed by atoms with Gasteiger partial charge in [0.2, 0.25) is 0 Å². The first-order valence-corrected chi connectivity index (χ1v) is 8.44. The molecule has 0 aliphatic heterocycles. The highest BCUT2D eigenvalue weighted by molar-refractivity contribution is 5.73. The van der Waals surface area contributed by atoms with E-state index in [1.54, 1.807) is 24.1 Å². The van der Waals surface area contributed by atoms with Crippen LogP contribution in [0, 0.1) is 13.8 Å². The highest BCUT2D eigenvalue weighted by Gasteiger charge is 2.10. The molecule has 0 heterocycles. The molecule has 0 aliphatic rings. The molecule has 0 atom stereocenters. The second kappa shape index (κ2) is 9.17. The number of carbonyl (C=O) groups excluding carboxylic acids is 1. The maximum atomic E-state index is 12.2. The van der Waals surface area contributed by atoms with Crippen LogP contribution in [0.2, 0.25) is 0 Å². The van der Waals surface area contributed by atoms with Crippen molar-refractivity contribution in [2.75, 3.05) is 13.6 Å². The molecule has 0 saturated carbocycles. The number of rotatable bonds is 7. The standard InChI is InChI=1S/C20H24F2N2O2/c1-14-4-7-17(15(2)12-14)10-11-23-20(25)24(3)13-16-5-8-18(9-6-16)26-19(21)22/h4-9,12,19H,10-11,13H2,1-3H3,(H,23,25). The van der Waals surface area contributed by atoms with Crippen LogP contribution in [0.3, 0.4) is 0 Å². The Kier molecular flexibility index (Phi) is 6.95. The molecule has 1 N–H and O–H groups in total. The second-order valence-corrected chi connectivity index (χ2v) is 6.29. The summed E-state index contributed by atoms with van der Waals surface area (Å²) in [5, 5.41) is 2.89. The van der Waals surface area contributed by atoms with Crippen molar-refractivity contribution in [3.63, 3.8) is 0 Å². The zero-order valence-corrected chi connectivity index (χ0v) is 15.3. The first-order valence-electron chi connectivity index (χ1n) is 8.44. The van der Waals surface area contributed by atoms with Gasteiger partial charge in [0, 0.05) is 20.1 Å². The van der Waals surface area contributed by atoms with Gasteiger partial charge in [-0.2, -0.15) is 8.78 Å². The van der Waals surface area contributed by atoms with Crippen LogP contribution >= 0.6 is 0 Å². The topological polar surface area (TPSA) is 41.6 Å². The summed E-state index contributed by atoms with van der Waals surface area (Å²) in [6.07, 6.45) is 0.769. The Labute approximate surface area is 152 Å². The highest BCUT2D eigenvalue weighted by atomic mass is 19.3. The van der Waals surface area contributed by atoms with Crippen molar-refractivity contribution in [1.29, 1.82) is 0 Å². The molecule has 0 bridgehead atoms. The Morgan fingerprint density at radius 3 is 2.46 bits per heavy atom. The van der Waals surface area contributed by atoms with Crippen molar-refractivity contribution < 1.29 is 18.3 Å². The molecule has 0 saturated heterocycles.